The van der Waals surface area contributed by atoms with Gasteiger partial charge in [0.1, 0.15) is 0 Å². The van der Waals surface area contributed by atoms with Crippen LogP contribution < -0.4 is 11.1 Å². The lowest BCUT2D eigenvalue weighted by atomic mass is 9.86. The number of nitrogens with two attached hydrogens (primary N) is 1. The Labute approximate surface area is 145 Å². The van der Waals surface area contributed by atoms with E-state index in [-0.39, 0.29) is 6.09 Å². The van der Waals surface area contributed by atoms with E-state index in [4.69, 9.17) is 10.5 Å². The lowest BCUT2D eigenvalue weighted by Gasteiger charge is -2.31. The third kappa shape index (κ3) is 4.33. The lowest BCUT2D eigenvalue weighted by Crippen LogP contribution is -2.48. The van der Waals surface area contributed by atoms with E-state index in [2.05, 4.69) is 10.3 Å². The predicted molar refractivity (Wildman–Crippen MR) is 94.8 cm³/mol. The SMILES string of the molecule is CCOC(=O)N1CCC(NC(N)=NCCC2CC3CCC2C3)CC1. The number of piperidine rings is 1. The molecule has 3 rings (SSSR count). The van der Waals surface area contributed by atoms with E-state index < -0.39 is 0 Å². The molecule has 2 saturated carbocycles. The summed E-state index contributed by atoms with van der Waals surface area (Å²) in [7, 11) is 0. The summed E-state index contributed by atoms with van der Waals surface area (Å²) in [6.45, 7) is 4.54. The van der Waals surface area contributed by atoms with E-state index >= 15 is 0 Å². The first-order valence-corrected chi connectivity index (χ1v) is 9.63. The van der Waals surface area contributed by atoms with Crippen molar-refractivity contribution in [2.24, 2.45) is 28.5 Å². The highest BCUT2D eigenvalue weighted by molar-refractivity contribution is 5.78. The monoisotopic (exact) mass is 336 g/mol. The molecule has 3 aliphatic rings. The Balaban J connectivity index is 1.33. The molecule has 2 bridgehead atoms. The van der Waals surface area contributed by atoms with Crippen molar-refractivity contribution in [2.45, 2.75) is 57.9 Å². The number of amides is 1. The number of carbonyl (C=O) groups is 1. The Kier molecular flexibility index (Phi) is 5.85. The quantitative estimate of drug-likeness (QED) is 0.596. The number of aliphatic imine (C=N–C) groups is 1. The van der Waals surface area contributed by atoms with Gasteiger partial charge in [0.15, 0.2) is 5.96 Å². The highest BCUT2D eigenvalue weighted by atomic mass is 16.6. The number of fused-ring (bicyclic) bond motifs is 2. The molecule has 2 aliphatic carbocycles. The second kappa shape index (κ2) is 8.08. The number of likely N-dealkylation sites (tertiary alicyclic amines) is 1. The Morgan fingerprint density at radius 2 is 2.04 bits per heavy atom. The van der Waals surface area contributed by atoms with Crippen LogP contribution in [0, 0.1) is 17.8 Å². The van der Waals surface area contributed by atoms with Crippen LogP contribution in [-0.4, -0.2) is 49.2 Å². The second-order valence-electron chi connectivity index (χ2n) is 7.60. The molecule has 3 fully saturated rings. The normalized spacial score (nSPS) is 30.6. The van der Waals surface area contributed by atoms with Crippen LogP contribution >= 0.6 is 0 Å². The van der Waals surface area contributed by atoms with Gasteiger partial charge >= 0.3 is 6.09 Å². The van der Waals surface area contributed by atoms with Crippen LogP contribution in [0.15, 0.2) is 4.99 Å². The summed E-state index contributed by atoms with van der Waals surface area (Å²) in [6, 6.07) is 0.307. The van der Waals surface area contributed by atoms with Crippen LogP contribution in [0.1, 0.15) is 51.9 Å². The average Bonchev–Trinajstić information content (AvgIpc) is 3.18. The molecule has 0 aromatic rings. The fraction of sp³-hybridized carbons (Fsp3) is 0.889. The second-order valence-corrected chi connectivity index (χ2v) is 7.60. The molecule has 6 nitrogen and oxygen atoms in total. The van der Waals surface area contributed by atoms with E-state index in [1.165, 1.54) is 32.1 Å². The zero-order chi connectivity index (χ0) is 16.9. The fourth-order valence-corrected chi connectivity index (χ4v) is 4.76. The van der Waals surface area contributed by atoms with Gasteiger partial charge < -0.3 is 20.7 Å². The molecule has 3 atom stereocenters. The van der Waals surface area contributed by atoms with Crippen molar-refractivity contribution in [3.05, 3.63) is 0 Å². The molecule has 0 radical (unpaired) electrons. The van der Waals surface area contributed by atoms with Crippen molar-refractivity contribution in [3.8, 4) is 0 Å². The summed E-state index contributed by atoms with van der Waals surface area (Å²) in [4.78, 5) is 18.0. The highest BCUT2D eigenvalue weighted by Gasteiger charge is 2.38. The Bertz CT molecular complexity index is 460. The Morgan fingerprint density at radius 3 is 2.67 bits per heavy atom. The number of nitrogens with zero attached hydrogens (tertiary/aromatic N) is 2. The van der Waals surface area contributed by atoms with Crippen LogP contribution in [-0.2, 0) is 4.74 Å². The average molecular weight is 336 g/mol. The molecular weight excluding hydrogens is 304 g/mol. The third-order valence-electron chi connectivity index (χ3n) is 6.04. The number of hydrogen-bond acceptors (Lipinski definition) is 3. The minimum Gasteiger partial charge on any atom is -0.450 e. The van der Waals surface area contributed by atoms with Crippen molar-refractivity contribution < 1.29 is 9.53 Å². The zero-order valence-corrected chi connectivity index (χ0v) is 14.9. The molecule has 136 valence electrons. The highest BCUT2D eigenvalue weighted by Crippen LogP contribution is 2.49. The number of nitrogens with one attached hydrogen (secondary N) is 1. The minimum atomic E-state index is -0.205. The van der Waals surface area contributed by atoms with Gasteiger partial charge in [0, 0.05) is 25.7 Å². The summed E-state index contributed by atoms with van der Waals surface area (Å²) in [5, 5.41) is 3.32. The number of carbonyl (C=O) groups excluding carboxylic acids is 1. The predicted octanol–water partition coefficient (Wildman–Crippen LogP) is 2.34. The molecular formula is C18H32N4O2. The van der Waals surface area contributed by atoms with Crippen molar-refractivity contribution >= 4 is 12.1 Å². The molecule has 3 unspecified atom stereocenters. The standard InChI is InChI=1S/C18H32N4O2/c1-2-24-18(23)22-9-6-16(7-10-22)21-17(19)20-8-5-15-12-13-3-4-14(15)11-13/h13-16H,2-12H2,1H3,(H3,19,20,21). The van der Waals surface area contributed by atoms with E-state index in [1.807, 2.05) is 6.92 Å². The molecule has 1 heterocycles. The van der Waals surface area contributed by atoms with Crippen LogP contribution in [0.25, 0.3) is 0 Å². The first kappa shape index (κ1) is 17.4. The van der Waals surface area contributed by atoms with E-state index in [0.717, 1.165) is 50.2 Å². The smallest absolute Gasteiger partial charge is 0.409 e. The molecule has 0 aromatic heterocycles. The molecule has 6 heteroatoms. The van der Waals surface area contributed by atoms with Crippen molar-refractivity contribution in [2.75, 3.05) is 26.2 Å². The fourth-order valence-electron chi connectivity index (χ4n) is 4.76. The number of rotatable bonds is 5. The molecule has 24 heavy (non-hydrogen) atoms. The van der Waals surface area contributed by atoms with Gasteiger partial charge in [-0.25, -0.2) is 4.79 Å². The van der Waals surface area contributed by atoms with Crippen molar-refractivity contribution in [3.63, 3.8) is 0 Å². The summed E-state index contributed by atoms with van der Waals surface area (Å²) in [5.74, 6) is 3.41. The Morgan fingerprint density at radius 1 is 1.25 bits per heavy atom. The largest absolute Gasteiger partial charge is 0.450 e. The van der Waals surface area contributed by atoms with Gasteiger partial charge in [-0.05, 0) is 63.2 Å². The van der Waals surface area contributed by atoms with Gasteiger partial charge in [0.25, 0.3) is 0 Å². The summed E-state index contributed by atoms with van der Waals surface area (Å²) in [6.07, 6.45) is 8.53. The minimum absolute atomic E-state index is 0.205. The van der Waals surface area contributed by atoms with Gasteiger partial charge in [0.05, 0.1) is 6.61 Å². The van der Waals surface area contributed by atoms with Crippen LogP contribution in [0.3, 0.4) is 0 Å². The van der Waals surface area contributed by atoms with Gasteiger partial charge in [-0.2, -0.15) is 0 Å². The maximum atomic E-state index is 11.7. The first-order chi connectivity index (χ1) is 11.7. The van der Waals surface area contributed by atoms with Crippen molar-refractivity contribution in [1.29, 1.82) is 0 Å². The maximum absolute atomic E-state index is 11.7. The maximum Gasteiger partial charge on any atom is 0.409 e. The van der Waals surface area contributed by atoms with Crippen LogP contribution in [0.2, 0.25) is 0 Å². The lowest BCUT2D eigenvalue weighted by molar-refractivity contribution is 0.0963. The number of ether oxygens (including phenoxy) is 1. The number of guanidine groups is 1. The molecule has 1 amide bonds. The van der Waals surface area contributed by atoms with Crippen molar-refractivity contribution in [1.82, 2.24) is 10.2 Å². The van der Waals surface area contributed by atoms with Crippen LogP contribution in [0.5, 0.6) is 0 Å². The van der Waals surface area contributed by atoms with Gasteiger partial charge in [-0.15, -0.1) is 0 Å². The molecule has 1 aliphatic heterocycles. The van der Waals surface area contributed by atoms with E-state index in [1.54, 1.807) is 4.90 Å². The summed E-state index contributed by atoms with van der Waals surface area (Å²) in [5.41, 5.74) is 6.04. The topological polar surface area (TPSA) is 80.0 Å². The first-order valence-electron chi connectivity index (χ1n) is 9.63. The molecule has 0 aromatic carbocycles. The third-order valence-corrected chi connectivity index (χ3v) is 6.04. The van der Waals surface area contributed by atoms with Gasteiger partial charge in [0.2, 0.25) is 0 Å². The summed E-state index contributed by atoms with van der Waals surface area (Å²) >= 11 is 0. The van der Waals surface area contributed by atoms with E-state index in [0.29, 0.717) is 18.6 Å². The molecule has 1 saturated heterocycles. The van der Waals surface area contributed by atoms with Gasteiger partial charge in [-0.3, -0.25) is 4.99 Å². The Hall–Kier alpha value is -1.46. The van der Waals surface area contributed by atoms with E-state index in [9.17, 15) is 4.79 Å². The summed E-state index contributed by atoms with van der Waals surface area (Å²) < 4.78 is 5.04. The molecule has 3 N–H and O–H groups in total. The number of hydrogen-bond donors (Lipinski definition) is 2. The van der Waals surface area contributed by atoms with Crippen LogP contribution in [0.4, 0.5) is 4.79 Å². The molecule has 0 spiro atoms. The van der Waals surface area contributed by atoms with Gasteiger partial charge in [-0.1, -0.05) is 6.42 Å². The zero-order valence-electron chi connectivity index (χ0n) is 14.9.